The fourth-order valence-electron chi connectivity index (χ4n) is 3.22. The maximum atomic E-state index is 5.80. The number of aryl methyl sites for hydroxylation is 1. The van der Waals surface area contributed by atoms with Gasteiger partial charge in [0.05, 0.1) is 30.7 Å². The van der Waals surface area contributed by atoms with Gasteiger partial charge in [-0.2, -0.15) is 5.10 Å². The smallest absolute Gasteiger partial charge is 0.0935 e. The molecule has 0 aliphatic carbocycles. The third-order valence-electron chi connectivity index (χ3n) is 4.55. The minimum absolute atomic E-state index is 0.170. The first-order valence-corrected chi connectivity index (χ1v) is 8.71. The Morgan fingerprint density at radius 3 is 2.79 bits per heavy atom. The van der Waals surface area contributed by atoms with Crippen molar-refractivity contribution in [3.8, 4) is 5.69 Å². The molecule has 0 unspecified atom stereocenters. The monoisotopic (exact) mass is 329 g/mol. The first-order chi connectivity index (χ1) is 11.7. The lowest BCUT2D eigenvalue weighted by Gasteiger charge is -2.32. The Labute approximate surface area is 144 Å². The second kappa shape index (κ2) is 7.92. The van der Waals surface area contributed by atoms with Crippen LogP contribution in [0.2, 0.25) is 0 Å². The first-order valence-electron chi connectivity index (χ1n) is 8.71. The Morgan fingerprint density at radius 1 is 1.25 bits per heavy atom. The molecule has 5 heteroatoms. The van der Waals surface area contributed by atoms with Crippen LogP contribution in [-0.4, -0.2) is 53.7 Å². The third-order valence-corrected chi connectivity index (χ3v) is 4.55. The number of hydrogen-bond acceptors (Lipinski definition) is 4. The summed E-state index contributed by atoms with van der Waals surface area (Å²) in [5.41, 5.74) is 4.74. The van der Waals surface area contributed by atoms with E-state index in [4.69, 9.17) is 14.6 Å². The number of benzene rings is 1. The highest BCUT2D eigenvalue weighted by Gasteiger charge is 2.23. The molecule has 24 heavy (non-hydrogen) atoms. The largest absolute Gasteiger partial charge is 0.379 e. The standard InChI is InChI=1S/C19H27N3O2/c1-4-23-14-18-12-21(10-11-24-18)13-19-15(2)20-22(16(19)3)17-8-6-5-7-9-17/h5-9,18H,4,10-14H2,1-3H3/t18-/m1/s1. The number of hydrogen-bond donors (Lipinski definition) is 0. The van der Waals surface area contributed by atoms with Gasteiger partial charge in [-0.3, -0.25) is 4.90 Å². The van der Waals surface area contributed by atoms with Gasteiger partial charge in [0, 0.05) is 37.5 Å². The van der Waals surface area contributed by atoms with Crippen molar-refractivity contribution in [3.63, 3.8) is 0 Å². The molecule has 2 heterocycles. The molecule has 0 saturated carbocycles. The lowest BCUT2D eigenvalue weighted by Crippen LogP contribution is -2.44. The average Bonchev–Trinajstić information content (AvgIpc) is 2.89. The molecule has 1 atom stereocenters. The number of ether oxygens (including phenoxy) is 2. The van der Waals surface area contributed by atoms with Gasteiger partial charge in [0.2, 0.25) is 0 Å². The van der Waals surface area contributed by atoms with Gasteiger partial charge in [-0.15, -0.1) is 0 Å². The van der Waals surface area contributed by atoms with Crippen molar-refractivity contribution in [3.05, 3.63) is 47.3 Å². The van der Waals surface area contributed by atoms with Crippen LogP contribution < -0.4 is 0 Å². The summed E-state index contributed by atoms with van der Waals surface area (Å²) in [6.45, 7) is 11.2. The van der Waals surface area contributed by atoms with Crippen LogP contribution in [0.25, 0.3) is 5.69 Å². The number of para-hydroxylation sites is 1. The molecule has 1 aromatic carbocycles. The molecule has 1 saturated heterocycles. The molecule has 5 nitrogen and oxygen atoms in total. The van der Waals surface area contributed by atoms with Crippen molar-refractivity contribution < 1.29 is 9.47 Å². The summed E-state index contributed by atoms with van der Waals surface area (Å²) in [6, 6.07) is 10.3. The van der Waals surface area contributed by atoms with E-state index in [9.17, 15) is 0 Å². The molecule has 0 radical (unpaired) electrons. The van der Waals surface area contributed by atoms with Crippen molar-refractivity contribution in [1.82, 2.24) is 14.7 Å². The van der Waals surface area contributed by atoms with E-state index in [2.05, 4.69) is 30.9 Å². The summed E-state index contributed by atoms with van der Waals surface area (Å²) in [5.74, 6) is 0. The zero-order valence-corrected chi connectivity index (χ0v) is 14.9. The Balaban J connectivity index is 1.72. The number of nitrogens with zero attached hydrogens (tertiary/aromatic N) is 3. The van der Waals surface area contributed by atoms with E-state index in [1.54, 1.807) is 0 Å². The van der Waals surface area contributed by atoms with Crippen LogP contribution in [-0.2, 0) is 16.0 Å². The van der Waals surface area contributed by atoms with E-state index in [0.717, 1.165) is 44.2 Å². The topological polar surface area (TPSA) is 39.5 Å². The SMILES string of the molecule is CCOC[C@H]1CN(Cc2c(C)nn(-c3ccccc3)c2C)CCO1. The number of morpholine rings is 1. The van der Waals surface area contributed by atoms with E-state index in [1.807, 2.05) is 29.8 Å². The van der Waals surface area contributed by atoms with Crippen molar-refractivity contribution >= 4 is 0 Å². The third kappa shape index (κ3) is 3.86. The Bertz CT molecular complexity index is 654. The van der Waals surface area contributed by atoms with Crippen molar-refractivity contribution in [1.29, 1.82) is 0 Å². The molecular formula is C19H27N3O2. The van der Waals surface area contributed by atoms with Gasteiger partial charge in [0.1, 0.15) is 0 Å². The average molecular weight is 329 g/mol. The number of aromatic nitrogens is 2. The summed E-state index contributed by atoms with van der Waals surface area (Å²) in [5, 5.41) is 4.75. The van der Waals surface area contributed by atoms with E-state index < -0.39 is 0 Å². The minimum atomic E-state index is 0.170. The fraction of sp³-hybridized carbons (Fsp3) is 0.526. The zero-order chi connectivity index (χ0) is 16.9. The predicted octanol–water partition coefficient (Wildman–Crippen LogP) is 2.73. The molecule has 3 rings (SSSR count). The van der Waals surface area contributed by atoms with Gasteiger partial charge in [-0.25, -0.2) is 4.68 Å². The van der Waals surface area contributed by atoms with Gasteiger partial charge in [0.15, 0.2) is 0 Å². The van der Waals surface area contributed by atoms with Gasteiger partial charge in [-0.1, -0.05) is 18.2 Å². The molecular weight excluding hydrogens is 302 g/mol. The quantitative estimate of drug-likeness (QED) is 0.817. The van der Waals surface area contributed by atoms with Crippen LogP contribution in [0, 0.1) is 13.8 Å². The van der Waals surface area contributed by atoms with E-state index in [0.29, 0.717) is 6.61 Å². The van der Waals surface area contributed by atoms with E-state index >= 15 is 0 Å². The molecule has 0 N–H and O–H groups in total. The van der Waals surface area contributed by atoms with Gasteiger partial charge in [0.25, 0.3) is 0 Å². The molecule has 0 spiro atoms. The lowest BCUT2D eigenvalue weighted by atomic mass is 10.1. The molecule has 0 amide bonds. The molecule has 2 aromatic rings. The minimum Gasteiger partial charge on any atom is -0.379 e. The van der Waals surface area contributed by atoms with Crippen molar-refractivity contribution in [2.75, 3.05) is 32.9 Å². The highest BCUT2D eigenvalue weighted by atomic mass is 16.5. The normalized spacial score (nSPS) is 18.9. The first kappa shape index (κ1) is 17.1. The van der Waals surface area contributed by atoms with Crippen LogP contribution in [0.5, 0.6) is 0 Å². The summed E-state index contributed by atoms with van der Waals surface area (Å²) in [7, 11) is 0. The second-order valence-electron chi connectivity index (χ2n) is 6.28. The second-order valence-corrected chi connectivity index (χ2v) is 6.28. The predicted molar refractivity (Wildman–Crippen MR) is 94.5 cm³/mol. The van der Waals surface area contributed by atoms with E-state index in [-0.39, 0.29) is 6.10 Å². The van der Waals surface area contributed by atoms with Crippen molar-refractivity contribution in [2.45, 2.75) is 33.4 Å². The van der Waals surface area contributed by atoms with Crippen LogP contribution >= 0.6 is 0 Å². The van der Waals surface area contributed by atoms with Crippen LogP contribution in [0.4, 0.5) is 0 Å². The molecule has 0 bridgehead atoms. The lowest BCUT2D eigenvalue weighted by molar-refractivity contribution is -0.0695. The van der Waals surface area contributed by atoms with Gasteiger partial charge in [-0.05, 0) is 32.9 Å². The summed E-state index contributed by atoms with van der Waals surface area (Å²) >= 11 is 0. The van der Waals surface area contributed by atoms with Gasteiger partial charge >= 0.3 is 0 Å². The van der Waals surface area contributed by atoms with Crippen LogP contribution in [0.3, 0.4) is 0 Å². The summed E-state index contributed by atoms with van der Waals surface area (Å²) in [6.07, 6.45) is 0.170. The number of rotatable bonds is 6. The Morgan fingerprint density at radius 2 is 2.04 bits per heavy atom. The maximum Gasteiger partial charge on any atom is 0.0935 e. The van der Waals surface area contributed by atoms with Crippen molar-refractivity contribution in [2.24, 2.45) is 0 Å². The fourth-order valence-corrected chi connectivity index (χ4v) is 3.22. The molecule has 1 fully saturated rings. The summed E-state index contributed by atoms with van der Waals surface area (Å²) in [4.78, 5) is 2.44. The Hall–Kier alpha value is -1.69. The Kier molecular flexibility index (Phi) is 5.66. The van der Waals surface area contributed by atoms with Crippen LogP contribution in [0.15, 0.2) is 30.3 Å². The highest BCUT2D eigenvalue weighted by molar-refractivity contribution is 5.36. The zero-order valence-electron chi connectivity index (χ0n) is 14.9. The highest BCUT2D eigenvalue weighted by Crippen LogP contribution is 2.20. The molecule has 1 aliphatic rings. The maximum absolute atomic E-state index is 5.80. The van der Waals surface area contributed by atoms with Crippen LogP contribution in [0.1, 0.15) is 23.9 Å². The summed E-state index contributed by atoms with van der Waals surface area (Å²) < 4.78 is 13.4. The molecule has 130 valence electrons. The molecule has 1 aromatic heterocycles. The van der Waals surface area contributed by atoms with Gasteiger partial charge < -0.3 is 9.47 Å². The van der Waals surface area contributed by atoms with E-state index in [1.165, 1.54) is 11.3 Å². The molecule has 1 aliphatic heterocycles.